The monoisotopic (exact) mass is 197 g/mol. The average Bonchev–Trinajstić information content (AvgIpc) is 2.19. The Labute approximate surface area is 83.9 Å². The molecule has 1 rings (SSSR count). The molecule has 1 atom stereocenters. The number of alkyl halides is 1. The third kappa shape index (κ3) is 3.00. The Balaban J connectivity index is 2.69. The fourth-order valence-electron chi connectivity index (χ4n) is 1.24. The van der Waals surface area contributed by atoms with Gasteiger partial charge in [0.2, 0.25) is 0 Å². The first-order chi connectivity index (χ1) is 6.57. The second-order valence-electron chi connectivity index (χ2n) is 3.64. The van der Waals surface area contributed by atoms with Crippen molar-refractivity contribution in [1.29, 1.82) is 0 Å². The van der Waals surface area contributed by atoms with Crippen LogP contribution in [0.4, 0.5) is 4.39 Å². The van der Waals surface area contributed by atoms with E-state index in [1.165, 1.54) is 6.92 Å². The maximum Gasteiger partial charge on any atom is 0.124 e. The molecule has 0 radical (unpaired) electrons. The van der Waals surface area contributed by atoms with Crippen molar-refractivity contribution in [1.82, 2.24) is 0 Å². The summed E-state index contributed by atoms with van der Waals surface area (Å²) in [6, 6.07) is 7.35. The molecule has 1 unspecified atom stereocenters. The Hall–Kier alpha value is -1.09. The van der Waals surface area contributed by atoms with Crippen LogP contribution in [0.2, 0.25) is 0 Å². The van der Waals surface area contributed by atoms with Gasteiger partial charge in [-0.25, -0.2) is 4.39 Å². The standard InChI is InChI=1S/C11H16FNO/c1-11(12,8-13)7-9-3-5-10(14-2)6-4-9/h3-6H,7-8,13H2,1-2H3. The molecular weight excluding hydrogens is 181 g/mol. The van der Waals surface area contributed by atoms with Crippen LogP contribution >= 0.6 is 0 Å². The Morgan fingerprint density at radius 3 is 2.36 bits per heavy atom. The highest BCUT2D eigenvalue weighted by atomic mass is 19.1. The smallest absolute Gasteiger partial charge is 0.124 e. The van der Waals surface area contributed by atoms with Crippen molar-refractivity contribution >= 4 is 0 Å². The second kappa shape index (κ2) is 4.42. The molecule has 0 aliphatic heterocycles. The van der Waals surface area contributed by atoms with Crippen molar-refractivity contribution in [3.63, 3.8) is 0 Å². The maximum atomic E-state index is 13.5. The van der Waals surface area contributed by atoms with Crippen LogP contribution < -0.4 is 10.5 Å². The largest absolute Gasteiger partial charge is 0.497 e. The minimum absolute atomic E-state index is 0.0407. The third-order valence-corrected chi connectivity index (χ3v) is 2.16. The van der Waals surface area contributed by atoms with Gasteiger partial charge in [-0.05, 0) is 24.6 Å². The summed E-state index contributed by atoms with van der Waals surface area (Å²) in [5, 5.41) is 0. The molecular formula is C11H16FNO. The van der Waals surface area contributed by atoms with Crippen LogP contribution in [-0.2, 0) is 6.42 Å². The molecule has 14 heavy (non-hydrogen) atoms. The number of nitrogens with two attached hydrogens (primary N) is 1. The molecule has 0 aromatic heterocycles. The zero-order valence-corrected chi connectivity index (χ0v) is 8.59. The van der Waals surface area contributed by atoms with Gasteiger partial charge in [-0.2, -0.15) is 0 Å². The molecule has 0 amide bonds. The van der Waals surface area contributed by atoms with E-state index >= 15 is 0 Å². The lowest BCUT2D eigenvalue weighted by Crippen LogP contribution is -2.31. The van der Waals surface area contributed by atoms with Crippen molar-refractivity contribution in [3.8, 4) is 5.75 Å². The number of ether oxygens (including phenoxy) is 1. The lowest BCUT2D eigenvalue weighted by molar-refractivity contribution is 0.200. The summed E-state index contributed by atoms with van der Waals surface area (Å²) in [5.41, 5.74) is 4.92. The molecule has 0 saturated carbocycles. The van der Waals surface area contributed by atoms with Gasteiger partial charge in [0.25, 0.3) is 0 Å². The number of benzene rings is 1. The fraction of sp³-hybridized carbons (Fsp3) is 0.455. The van der Waals surface area contributed by atoms with Crippen molar-refractivity contribution in [2.75, 3.05) is 13.7 Å². The van der Waals surface area contributed by atoms with E-state index in [-0.39, 0.29) is 6.54 Å². The number of hydrogen-bond donors (Lipinski definition) is 1. The molecule has 2 N–H and O–H groups in total. The third-order valence-electron chi connectivity index (χ3n) is 2.16. The van der Waals surface area contributed by atoms with Gasteiger partial charge >= 0.3 is 0 Å². The molecule has 0 aliphatic carbocycles. The summed E-state index contributed by atoms with van der Waals surface area (Å²) in [6.45, 7) is 1.55. The van der Waals surface area contributed by atoms with Crippen LogP contribution in [0.3, 0.4) is 0 Å². The van der Waals surface area contributed by atoms with E-state index in [9.17, 15) is 4.39 Å². The predicted molar refractivity (Wildman–Crippen MR) is 55.3 cm³/mol. The van der Waals surface area contributed by atoms with E-state index in [1.54, 1.807) is 7.11 Å². The summed E-state index contributed by atoms with van der Waals surface area (Å²) < 4.78 is 18.5. The van der Waals surface area contributed by atoms with Crippen LogP contribution in [0.1, 0.15) is 12.5 Å². The van der Waals surface area contributed by atoms with Gasteiger partial charge < -0.3 is 10.5 Å². The molecule has 2 nitrogen and oxygen atoms in total. The van der Waals surface area contributed by atoms with Gasteiger partial charge in [0.05, 0.1) is 7.11 Å². The van der Waals surface area contributed by atoms with Crippen LogP contribution in [0.25, 0.3) is 0 Å². The first-order valence-electron chi connectivity index (χ1n) is 4.59. The van der Waals surface area contributed by atoms with Gasteiger partial charge in [0.1, 0.15) is 11.4 Å². The fourth-order valence-corrected chi connectivity index (χ4v) is 1.24. The Bertz CT molecular complexity index is 282. The van der Waals surface area contributed by atoms with Gasteiger partial charge in [-0.1, -0.05) is 12.1 Å². The Morgan fingerprint density at radius 1 is 1.36 bits per heavy atom. The average molecular weight is 197 g/mol. The van der Waals surface area contributed by atoms with Crippen molar-refractivity contribution in [2.45, 2.75) is 19.0 Å². The van der Waals surface area contributed by atoms with E-state index < -0.39 is 5.67 Å². The summed E-state index contributed by atoms with van der Waals surface area (Å²) >= 11 is 0. The van der Waals surface area contributed by atoms with Gasteiger partial charge in [-0.15, -0.1) is 0 Å². The number of halogens is 1. The first-order valence-corrected chi connectivity index (χ1v) is 4.59. The van der Waals surface area contributed by atoms with Crippen LogP contribution in [0.15, 0.2) is 24.3 Å². The van der Waals surface area contributed by atoms with Crippen LogP contribution in [0.5, 0.6) is 5.75 Å². The van der Waals surface area contributed by atoms with Gasteiger partial charge in [0.15, 0.2) is 0 Å². The van der Waals surface area contributed by atoms with E-state index in [1.807, 2.05) is 24.3 Å². The molecule has 1 aromatic carbocycles. The van der Waals surface area contributed by atoms with Crippen molar-refractivity contribution in [3.05, 3.63) is 29.8 Å². The lowest BCUT2D eigenvalue weighted by atomic mass is 9.98. The molecule has 0 heterocycles. The van der Waals surface area contributed by atoms with Crippen molar-refractivity contribution in [2.24, 2.45) is 5.73 Å². The highest BCUT2D eigenvalue weighted by Gasteiger charge is 2.21. The predicted octanol–water partition coefficient (Wildman–Crippen LogP) is 1.92. The molecule has 1 aromatic rings. The SMILES string of the molecule is COc1ccc(CC(C)(F)CN)cc1. The van der Waals surface area contributed by atoms with E-state index in [2.05, 4.69) is 0 Å². The zero-order valence-electron chi connectivity index (χ0n) is 8.59. The van der Waals surface area contributed by atoms with E-state index in [4.69, 9.17) is 10.5 Å². The minimum atomic E-state index is -1.32. The zero-order chi connectivity index (χ0) is 10.6. The Kier molecular flexibility index (Phi) is 3.47. The summed E-state index contributed by atoms with van der Waals surface area (Å²) in [6.07, 6.45) is 0.341. The normalized spacial score (nSPS) is 14.9. The summed E-state index contributed by atoms with van der Waals surface area (Å²) in [4.78, 5) is 0. The molecule has 0 spiro atoms. The molecule has 0 fully saturated rings. The van der Waals surface area contributed by atoms with Crippen molar-refractivity contribution < 1.29 is 9.13 Å². The maximum absolute atomic E-state index is 13.5. The Morgan fingerprint density at radius 2 is 1.93 bits per heavy atom. The van der Waals surface area contributed by atoms with E-state index in [0.29, 0.717) is 6.42 Å². The topological polar surface area (TPSA) is 35.2 Å². The van der Waals surface area contributed by atoms with Crippen LogP contribution in [0, 0.1) is 0 Å². The van der Waals surface area contributed by atoms with E-state index in [0.717, 1.165) is 11.3 Å². The highest BCUT2D eigenvalue weighted by Crippen LogP contribution is 2.18. The van der Waals surface area contributed by atoms with Crippen LogP contribution in [-0.4, -0.2) is 19.3 Å². The minimum Gasteiger partial charge on any atom is -0.497 e. The summed E-state index contributed by atoms with van der Waals surface area (Å²) in [5.74, 6) is 0.780. The number of methoxy groups -OCH3 is 1. The van der Waals surface area contributed by atoms with Gasteiger partial charge in [-0.3, -0.25) is 0 Å². The molecule has 3 heteroatoms. The second-order valence-corrected chi connectivity index (χ2v) is 3.64. The quantitative estimate of drug-likeness (QED) is 0.800. The molecule has 0 saturated heterocycles. The number of hydrogen-bond acceptors (Lipinski definition) is 2. The first kappa shape index (κ1) is 11.0. The molecule has 0 bridgehead atoms. The number of rotatable bonds is 4. The summed E-state index contributed by atoms with van der Waals surface area (Å²) in [7, 11) is 1.61. The lowest BCUT2D eigenvalue weighted by Gasteiger charge is -2.17. The molecule has 78 valence electrons. The van der Waals surface area contributed by atoms with Gasteiger partial charge in [0, 0.05) is 13.0 Å². The highest BCUT2D eigenvalue weighted by molar-refractivity contribution is 5.28. The molecule has 0 aliphatic rings.